The van der Waals surface area contributed by atoms with Crippen LogP contribution in [0.4, 0.5) is 15.8 Å². The van der Waals surface area contributed by atoms with Gasteiger partial charge in [-0.25, -0.2) is 9.18 Å². The van der Waals surface area contributed by atoms with Gasteiger partial charge in [-0.15, -0.1) is 0 Å². The van der Waals surface area contributed by atoms with Gasteiger partial charge in [0.05, 0.1) is 7.89 Å². The van der Waals surface area contributed by atoms with Crippen molar-refractivity contribution in [3.8, 4) is 11.1 Å². The van der Waals surface area contributed by atoms with E-state index in [-0.39, 0.29) is 17.5 Å². The molecule has 2 bridgehead atoms. The van der Waals surface area contributed by atoms with E-state index in [2.05, 4.69) is 0 Å². The summed E-state index contributed by atoms with van der Waals surface area (Å²) in [6, 6.07) is 19.8. The van der Waals surface area contributed by atoms with E-state index in [9.17, 15) is 14.0 Å². The Labute approximate surface area is 224 Å². The first kappa shape index (κ1) is 24.4. The van der Waals surface area contributed by atoms with Gasteiger partial charge in [0, 0.05) is 37.5 Å². The molecule has 38 heavy (non-hydrogen) atoms. The first-order valence-electron chi connectivity index (χ1n) is 13.6. The van der Waals surface area contributed by atoms with Crippen LogP contribution < -0.4 is 9.80 Å². The maximum atomic E-state index is 14.7. The van der Waals surface area contributed by atoms with E-state index in [0.717, 1.165) is 48.6 Å². The molecule has 3 aromatic carbocycles. The van der Waals surface area contributed by atoms with Crippen molar-refractivity contribution in [2.75, 3.05) is 23.9 Å². The summed E-state index contributed by atoms with van der Waals surface area (Å²) in [7, 11) is 3.98. The Kier molecular flexibility index (Phi) is 6.95. The Morgan fingerprint density at radius 3 is 2.24 bits per heavy atom. The average molecular weight is 514 g/mol. The number of hydrogen-bond acceptors (Lipinski definition) is 3. The van der Waals surface area contributed by atoms with E-state index < -0.39 is 18.3 Å². The molecule has 2 saturated carbocycles. The molecule has 2 aliphatic carbocycles. The highest BCUT2D eigenvalue weighted by Crippen LogP contribution is 2.49. The van der Waals surface area contributed by atoms with Crippen molar-refractivity contribution < 1.29 is 20.5 Å². The molecule has 2 aliphatic rings. The third kappa shape index (κ3) is 5.64. The minimum absolute atomic E-state index is 0.163. The molecule has 0 spiro atoms. The largest absolute Gasteiger partial charge is 0.478 e. The molecule has 196 valence electrons. The summed E-state index contributed by atoms with van der Waals surface area (Å²) in [5, 5.41) is 9.02. The summed E-state index contributed by atoms with van der Waals surface area (Å²) in [4.78, 5) is 28.4. The number of nitrogens with zero attached hydrogens (tertiary/aromatic N) is 2. The average Bonchev–Trinajstić information content (AvgIpc) is 3.56. The molecule has 0 aromatic heterocycles. The predicted octanol–water partition coefficient (Wildman–Crippen LogP) is 6.63. The highest BCUT2D eigenvalue weighted by Gasteiger charge is 2.44. The number of carboxylic acids is 1. The number of fused-ring (bicyclic) bond motifs is 2. The van der Waals surface area contributed by atoms with Crippen molar-refractivity contribution >= 4 is 29.3 Å². The van der Waals surface area contributed by atoms with E-state index in [1.165, 1.54) is 23.1 Å². The zero-order valence-corrected chi connectivity index (χ0v) is 21.7. The van der Waals surface area contributed by atoms with Crippen LogP contribution in [-0.4, -0.2) is 31.1 Å². The Morgan fingerprint density at radius 2 is 1.66 bits per heavy atom. The van der Waals surface area contributed by atoms with Crippen LogP contribution in [0.2, 0.25) is 0 Å². The normalized spacial score (nSPS) is 21.3. The van der Waals surface area contributed by atoms with Crippen LogP contribution in [0.5, 0.6) is 0 Å². The van der Waals surface area contributed by atoms with Crippen molar-refractivity contribution in [1.82, 2.24) is 0 Å². The Hall–Kier alpha value is -3.93. The van der Waals surface area contributed by atoms with E-state index in [1.54, 1.807) is 6.07 Å². The van der Waals surface area contributed by atoms with Gasteiger partial charge < -0.3 is 14.9 Å². The quantitative estimate of drug-likeness (QED) is 0.344. The van der Waals surface area contributed by atoms with Gasteiger partial charge in [0.1, 0.15) is 5.82 Å². The summed E-state index contributed by atoms with van der Waals surface area (Å²) >= 11 is 0. The zero-order valence-electron chi connectivity index (χ0n) is 22.7. The fourth-order valence-corrected chi connectivity index (χ4v) is 5.85. The van der Waals surface area contributed by atoms with Gasteiger partial charge >= 0.3 is 5.97 Å². The summed E-state index contributed by atoms with van der Waals surface area (Å²) in [5.41, 5.74) is 4.34. The molecule has 0 saturated heterocycles. The van der Waals surface area contributed by atoms with Crippen molar-refractivity contribution in [3.05, 3.63) is 89.8 Å². The molecule has 2 fully saturated rings. The molecule has 6 heteroatoms. The van der Waals surface area contributed by atoms with Crippen LogP contribution in [0.25, 0.3) is 17.2 Å². The Balaban J connectivity index is 1.48. The molecule has 1 N–H and O–H groups in total. The van der Waals surface area contributed by atoms with E-state index in [4.69, 9.17) is 6.48 Å². The van der Waals surface area contributed by atoms with Gasteiger partial charge in [0.25, 0.3) is 0 Å². The summed E-state index contributed by atoms with van der Waals surface area (Å²) in [6.45, 7) is -1.08. The van der Waals surface area contributed by atoms with E-state index in [1.807, 2.05) is 67.5 Å². The van der Waals surface area contributed by atoms with Crippen molar-refractivity contribution in [1.29, 1.82) is 0 Å². The molecule has 1 amide bonds. The molecular formula is C32H33FN2O3. The first-order chi connectivity index (χ1) is 18.7. The van der Waals surface area contributed by atoms with Crippen LogP contribution in [0.3, 0.4) is 0 Å². The first-order valence-corrected chi connectivity index (χ1v) is 13.0. The summed E-state index contributed by atoms with van der Waals surface area (Å²) < 4.78 is 23.9. The van der Waals surface area contributed by atoms with Gasteiger partial charge in [-0.2, -0.15) is 0 Å². The lowest BCUT2D eigenvalue weighted by Crippen LogP contribution is -2.38. The molecule has 3 aromatic rings. The molecule has 5 rings (SSSR count). The number of carbonyl (C=O) groups excluding carboxylic acids is 1. The second-order valence-electron chi connectivity index (χ2n) is 10.6. The van der Waals surface area contributed by atoms with Crippen molar-refractivity contribution in [3.63, 3.8) is 0 Å². The second-order valence-corrected chi connectivity index (χ2v) is 10.6. The van der Waals surface area contributed by atoms with Crippen LogP contribution in [0.15, 0.2) is 72.8 Å². The lowest BCUT2D eigenvalue weighted by atomic mass is 9.87. The van der Waals surface area contributed by atoms with Crippen LogP contribution in [-0.2, 0) is 16.1 Å². The number of rotatable bonds is 8. The van der Waals surface area contributed by atoms with Gasteiger partial charge in [0.15, 0.2) is 0 Å². The van der Waals surface area contributed by atoms with Gasteiger partial charge in [-0.05, 0) is 89.8 Å². The van der Waals surface area contributed by atoms with E-state index in [0.29, 0.717) is 23.0 Å². The Morgan fingerprint density at radius 1 is 0.974 bits per heavy atom. The SMILES string of the molecule is [2H]C(c1ccc(-c2ccc(N(C)C)cc2)cc1)N(C(=O)C1C[C@H]2CC[C@@H]1C2)c1cc(F)cc(/C=C/C(=O)O)c1. The number of anilines is 2. The molecule has 5 nitrogen and oxygen atoms in total. The number of halogens is 1. The van der Waals surface area contributed by atoms with Crippen molar-refractivity contribution in [2.45, 2.75) is 32.2 Å². The molecule has 0 heterocycles. The number of aliphatic carboxylic acids is 1. The number of carbonyl (C=O) groups is 2. The van der Waals surface area contributed by atoms with Crippen LogP contribution in [0, 0.1) is 23.6 Å². The number of carboxylic acid groups (broad SMARTS) is 1. The zero-order chi connectivity index (χ0) is 27.7. The molecular weight excluding hydrogens is 479 g/mol. The lowest BCUT2D eigenvalue weighted by molar-refractivity contribution is -0.131. The fraction of sp³-hybridized carbons (Fsp3) is 0.312. The minimum Gasteiger partial charge on any atom is -0.478 e. The molecule has 0 aliphatic heterocycles. The van der Waals surface area contributed by atoms with Crippen LogP contribution in [0.1, 0.15) is 38.2 Å². The third-order valence-corrected chi connectivity index (χ3v) is 7.80. The van der Waals surface area contributed by atoms with Gasteiger partial charge in [-0.1, -0.05) is 42.8 Å². The van der Waals surface area contributed by atoms with Gasteiger partial charge in [0.2, 0.25) is 5.91 Å². The maximum absolute atomic E-state index is 14.7. The Bertz CT molecular complexity index is 1390. The number of hydrogen-bond donors (Lipinski definition) is 1. The summed E-state index contributed by atoms with van der Waals surface area (Å²) in [6.07, 6.45) is 6.21. The van der Waals surface area contributed by atoms with E-state index >= 15 is 0 Å². The van der Waals surface area contributed by atoms with Gasteiger partial charge in [-0.3, -0.25) is 4.79 Å². The minimum atomic E-state index is -1.15. The smallest absolute Gasteiger partial charge is 0.328 e. The van der Waals surface area contributed by atoms with Crippen molar-refractivity contribution in [2.24, 2.45) is 17.8 Å². The molecule has 4 atom stereocenters. The third-order valence-electron chi connectivity index (χ3n) is 7.80. The maximum Gasteiger partial charge on any atom is 0.328 e. The lowest BCUT2D eigenvalue weighted by Gasteiger charge is -2.30. The highest BCUT2D eigenvalue weighted by molar-refractivity contribution is 5.96. The standard InChI is InChI=1S/C32H33FN2O3/c1-34(2)28-12-10-25(11-13-28)24-7-3-21(4-8-24)20-35(32(38)30-18-22-5-9-26(30)15-22)29-17-23(6-14-31(36)37)16-27(33)19-29/h3-4,6-8,10-14,16-17,19,22,26,30H,5,9,15,18,20H2,1-2H3,(H,36,37)/b14-6+/t22-,26+,30?/m0/s1/i20D/t20?,22-,26+,30?. The summed E-state index contributed by atoms with van der Waals surface area (Å²) in [5.74, 6) is -1.26. The topological polar surface area (TPSA) is 60.9 Å². The second kappa shape index (κ2) is 10.8. The molecule has 2 unspecified atom stereocenters. The molecule has 0 radical (unpaired) electrons. The monoisotopic (exact) mass is 513 g/mol. The number of amides is 1. The highest BCUT2D eigenvalue weighted by atomic mass is 19.1. The predicted molar refractivity (Wildman–Crippen MR) is 149 cm³/mol. The number of benzene rings is 3. The fourth-order valence-electron chi connectivity index (χ4n) is 5.85. The van der Waals surface area contributed by atoms with Crippen LogP contribution >= 0.6 is 0 Å².